The van der Waals surface area contributed by atoms with Crippen molar-refractivity contribution < 1.29 is 9.59 Å². The second-order valence-corrected chi connectivity index (χ2v) is 7.38. The number of fused-ring (bicyclic) bond motifs is 1. The number of hydrogen-bond acceptors (Lipinski definition) is 4. The molecule has 1 saturated heterocycles. The molecule has 1 aliphatic carbocycles. The van der Waals surface area contributed by atoms with E-state index in [1.165, 1.54) is 0 Å². The Balaban J connectivity index is 1.44. The summed E-state index contributed by atoms with van der Waals surface area (Å²) in [5, 5.41) is 11.9. The number of amides is 2. The number of hydrogen-bond donors (Lipinski definition) is 1. The number of piperidine rings is 1. The fraction of sp³-hybridized carbons (Fsp3) is 0.765. The molecule has 0 radical (unpaired) electrons. The van der Waals surface area contributed by atoms with E-state index in [2.05, 4.69) is 20.1 Å². The van der Waals surface area contributed by atoms with Gasteiger partial charge in [-0.05, 0) is 32.1 Å². The Morgan fingerprint density at radius 3 is 2.50 bits per heavy atom. The van der Waals surface area contributed by atoms with Crippen LogP contribution in [0.4, 0.5) is 0 Å². The van der Waals surface area contributed by atoms with Crippen molar-refractivity contribution >= 4 is 11.8 Å². The molecule has 0 unspecified atom stereocenters. The Labute approximate surface area is 141 Å². The highest BCUT2D eigenvalue weighted by atomic mass is 16.2. The summed E-state index contributed by atoms with van der Waals surface area (Å²) in [5.41, 5.74) is 0. The van der Waals surface area contributed by atoms with Gasteiger partial charge >= 0.3 is 0 Å². The Hall–Kier alpha value is -1.92. The molecule has 24 heavy (non-hydrogen) atoms. The van der Waals surface area contributed by atoms with Gasteiger partial charge in [0.15, 0.2) is 0 Å². The summed E-state index contributed by atoms with van der Waals surface area (Å²) in [4.78, 5) is 25.8. The van der Waals surface area contributed by atoms with Gasteiger partial charge in [0.2, 0.25) is 11.8 Å². The zero-order valence-corrected chi connectivity index (χ0v) is 14.2. The molecule has 0 spiro atoms. The lowest BCUT2D eigenvalue weighted by atomic mass is 9.94. The molecular formula is C17H25N5O2. The standard InChI is InChI=1S/C17H25N5O2/c1-11(23)21-8-6-12(7-9-21)16-20-19-15-5-2-13(10-22(15)16)17(24)18-14-3-4-14/h12-14H,2-10H2,1H3,(H,18,24)/t13-/m0/s1. The van der Waals surface area contributed by atoms with Crippen LogP contribution in [0.2, 0.25) is 0 Å². The van der Waals surface area contributed by atoms with E-state index < -0.39 is 0 Å². The van der Waals surface area contributed by atoms with Crippen LogP contribution in [0.1, 0.15) is 56.6 Å². The molecule has 0 bridgehead atoms. The highest BCUT2D eigenvalue weighted by molar-refractivity contribution is 5.79. The maximum Gasteiger partial charge on any atom is 0.225 e. The molecule has 1 atom stereocenters. The molecule has 1 aromatic rings. The van der Waals surface area contributed by atoms with Crippen molar-refractivity contribution in [3.8, 4) is 0 Å². The number of carbonyl (C=O) groups excluding carboxylic acids is 2. The van der Waals surface area contributed by atoms with Crippen molar-refractivity contribution in [2.75, 3.05) is 13.1 Å². The average molecular weight is 331 g/mol. The van der Waals surface area contributed by atoms with Gasteiger partial charge in [0.25, 0.3) is 0 Å². The maximum absolute atomic E-state index is 12.4. The van der Waals surface area contributed by atoms with Gasteiger partial charge in [-0.25, -0.2) is 0 Å². The molecule has 2 aliphatic heterocycles. The third-order valence-corrected chi connectivity index (χ3v) is 5.58. The topological polar surface area (TPSA) is 80.1 Å². The summed E-state index contributed by atoms with van der Waals surface area (Å²) >= 11 is 0. The molecule has 130 valence electrons. The van der Waals surface area contributed by atoms with E-state index in [4.69, 9.17) is 0 Å². The minimum absolute atomic E-state index is 0.0326. The fourth-order valence-corrected chi connectivity index (χ4v) is 3.86. The number of nitrogens with one attached hydrogen (secondary N) is 1. The third-order valence-electron chi connectivity index (χ3n) is 5.58. The highest BCUT2D eigenvalue weighted by Gasteiger charge is 2.33. The summed E-state index contributed by atoms with van der Waals surface area (Å²) in [5.74, 6) is 2.73. The first kappa shape index (κ1) is 15.6. The predicted molar refractivity (Wildman–Crippen MR) is 87.2 cm³/mol. The molecule has 4 rings (SSSR count). The number of aromatic nitrogens is 3. The lowest BCUT2D eigenvalue weighted by Crippen LogP contribution is -2.39. The Morgan fingerprint density at radius 1 is 1.08 bits per heavy atom. The van der Waals surface area contributed by atoms with E-state index in [0.29, 0.717) is 18.5 Å². The van der Waals surface area contributed by atoms with Crippen LogP contribution in [0.3, 0.4) is 0 Å². The molecule has 1 N–H and O–H groups in total. The molecule has 1 saturated carbocycles. The molecular weight excluding hydrogens is 306 g/mol. The van der Waals surface area contributed by atoms with Crippen LogP contribution in [0.25, 0.3) is 0 Å². The summed E-state index contributed by atoms with van der Waals surface area (Å²) in [6.07, 6.45) is 5.78. The van der Waals surface area contributed by atoms with E-state index in [9.17, 15) is 9.59 Å². The summed E-state index contributed by atoms with van der Waals surface area (Å²) in [6.45, 7) is 3.90. The van der Waals surface area contributed by atoms with Crippen molar-refractivity contribution in [3.05, 3.63) is 11.6 Å². The van der Waals surface area contributed by atoms with Crippen LogP contribution in [-0.4, -0.2) is 50.6 Å². The molecule has 1 aromatic heterocycles. The third kappa shape index (κ3) is 3.03. The van der Waals surface area contributed by atoms with Crippen molar-refractivity contribution in [2.45, 2.75) is 64.0 Å². The number of carbonyl (C=O) groups is 2. The fourth-order valence-electron chi connectivity index (χ4n) is 3.86. The molecule has 7 heteroatoms. The average Bonchev–Trinajstić information content (AvgIpc) is 3.30. The Morgan fingerprint density at radius 2 is 1.83 bits per heavy atom. The number of aryl methyl sites for hydroxylation is 1. The van der Waals surface area contributed by atoms with Crippen LogP contribution >= 0.6 is 0 Å². The van der Waals surface area contributed by atoms with Crippen molar-refractivity contribution in [3.63, 3.8) is 0 Å². The largest absolute Gasteiger partial charge is 0.353 e. The first-order valence-corrected chi connectivity index (χ1v) is 9.09. The maximum atomic E-state index is 12.4. The van der Waals surface area contributed by atoms with Gasteiger partial charge in [0, 0.05) is 44.9 Å². The zero-order valence-electron chi connectivity index (χ0n) is 14.2. The van der Waals surface area contributed by atoms with Crippen LogP contribution in [0.5, 0.6) is 0 Å². The Kier molecular flexibility index (Phi) is 4.02. The smallest absolute Gasteiger partial charge is 0.225 e. The number of nitrogens with zero attached hydrogens (tertiary/aromatic N) is 4. The molecule has 0 aromatic carbocycles. The molecule has 2 fully saturated rings. The van der Waals surface area contributed by atoms with Crippen molar-refractivity contribution in [1.29, 1.82) is 0 Å². The first-order valence-electron chi connectivity index (χ1n) is 9.09. The lowest BCUT2D eigenvalue weighted by Gasteiger charge is -2.32. The molecule has 7 nitrogen and oxygen atoms in total. The second kappa shape index (κ2) is 6.18. The monoisotopic (exact) mass is 331 g/mol. The minimum Gasteiger partial charge on any atom is -0.353 e. The Bertz CT molecular complexity index is 643. The van der Waals surface area contributed by atoms with Gasteiger partial charge in [0.1, 0.15) is 11.6 Å². The van der Waals surface area contributed by atoms with Gasteiger partial charge in [-0.15, -0.1) is 10.2 Å². The van der Waals surface area contributed by atoms with Crippen LogP contribution in [0, 0.1) is 5.92 Å². The van der Waals surface area contributed by atoms with E-state index in [-0.39, 0.29) is 17.7 Å². The molecule has 3 aliphatic rings. The predicted octanol–water partition coefficient (Wildman–Crippen LogP) is 0.845. The zero-order chi connectivity index (χ0) is 16.7. The van der Waals surface area contributed by atoms with E-state index in [0.717, 1.165) is 63.3 Å². The number of rotatable bonds is 3. The van der Waals surface area contributed by atoms with Gasteiger partial charge in [-0.1, -0.05) is 0 Å². The van der Waals surface area contributed by atoms with Crippen LogP contribution < -0.4 is 5.32 Å². The van der Waals surface area contributed by atoms with Gasteiger partial charge < -0.3 is 14.8 Å². The second-order valence-electron chi connectivity index (χ2n) is 7.38. The van der Waals surface area contributed by atoms with E-state index >= 15 is 0 Å². The quantitative estimate of drug-likeness (QED) is 0.890. The van der Waals surface area contributed by atoms with E-state index in [1.54, 1.807) is 6.92 Å². The van der Waals surface area contributed by atoms with Gasteiger partial charge in [-0.3, -0.25) is 9.59 Å². The molecule has 2 amide bonds. The van der Waals surface area contributed by atoms with E-state index in [1.807, 2.05) is 4.90 Å². The normalized spacial score (nSPS) is 24.5. The highest BCUT2D eigenvalue weighted by Crippen LogP contribution is 2.30. The van der Waals surface area contributed by atoms with Crippen LogP contribution in [0.15, 0.2) is 0 Å². The molecule has 3 heterocycles. The van der Waals surface area contributed by atoms with Crippen molar-refractivity contribution in [1.82, 2.24) is 25.0 Å². The summed E-state index contributed by atoms with van der Waals surface area (Å²) in [6, 6.07) is 0.412. The summed E-state index contributed by atoms with van der Waals surface area (Å²) < 4.78 is 2.18. The van der Waals surface area contributed by atoms with Gasteiger partial charge in [0.05, 0.1) is 5.92 Å². The van der Waals surface area contributed by atoms with Gasteiger partial charge in [-0.2, -0.15) is 0 Å². The minimum atomic E-state index is 0.0326. The lowest BCUT2D eigenvalue weighted by molar-refractivity contribution is -0.130. The SMILES string of the molecule is CC(=O)N1CCC(c2nnc3n2C[C@@H](C(=O)NC2CC2)CC3)CC1. The van der Waals surface area contributed by atoms with Crippen LogP contribution in [-0.2, 0) is 22.6 Å². The summed E-state index contributed by atoms with van der Waals surface area (Å²) in [7, 11) is 0. The van der Waals surface area contributed by atoms with Crippen molar-refractivity contribution in [2.24, 2.45) is 5.92 Å². The first-order chi connectivity index (χ1) is 11.6. The number of likely N-dealkylation sites (tertiary alicyclic amines) is 1.